The van der Waals surface area contributed by atoms with E-state index in [0.717, 1.165) is 30.7 Å². The van der Waals surface area contributed by atoms with Crippen LogP contribution in [0.25, 0.3) is 0 Å². The number of hydrogen-bond donors (Lipinski definition) is 1. The Balaban J connectivity index is 1.89. The lowest BCUT2D eigenvalue weighted by molar-refractivity contribution is 0.00298. The summed E-state index contributed by atoms with van der Waals surface area (Å²) in [4.78, 5) is 0. The summed E-state index contributed by atoms with van der Waals surface area (Å²) in [5.41, 5.74) is 1.99. The van der Waals surface area contributed by atoms with Gasteiger partial charge in [-0.2, -0.15) is 0 Å². The van der Waals surface area contributed by atoms with Gasteiger partial charge in [-0.15, -0.1) is 0 Å². The van der Waals surface area contributed by atoms with Gasteiger partial charge >= 0.3 is 0 Å². The van der Waals surface area contributed by atoms with E-state index in [0.29, 0.717) is 12.1 Å². The molecule has 0 amide bonds. The molecule has 0 aromatic heterocycles. The zero-order valence-electron chi connectivity index (χ0n) is 9.79. The minimum absolute atomic E-state index is 0.186. The van der Waals surface area contributed by atoms with Crippen LogP contribution in [-0.2, 0) is 4.74 Å². The van der Waals surface area contributed by atoms with Crippen molar-refractivity contribution in [3.8, 4) is 0 Å². The van der Waals surface area contributed by atoms with Crippen LogP contribution in [0.3, 0.4) is 0 Å². The van der Waals surface area contributed by atoms with Crippen LogP contribution in [-0.4, -0.2) is 18.8 Å². The Morgan fingerprint density at radius 2 is 2.19 bits per heavy atom. The van der Waals surface area contributed by atoms with E-state index in [1.165, 1.54) is 6.07 Å². The molecule has 3 heteroatoms. The molecule has 16 heavy (non-hydrogen) atoms. The van der Waals surface area contributed by atoms with Crippen LogP contribution < -0.4 is 5.32 Å². The average Bonchev–Trinajstić information content (AvgIpc) is 2.20. The molecule has 0 spiro atoms. The minimum atomic E-state index is -0.186. The summed E-state index contributed by atoms with van der Waals surface area (Å²) in [6.45, 7) is 4.77. The van der Waals surface area contributed by atoms with Gasteiger partial charge in [0.05, 0.1) is 6.10 Å². The summed E-state index contributed by atoms with van der Waals surface area (Å²) >= 11 is 0. The van der Waals surface area contributed by atoms with E-state index in [4.69, 9.17) is 4.74 Å². The van der Waals surface area contributed by atoms with Crippen molar-refractivity contribution in [3.05, 3.63) is 29.6 Å². The van der Waals surface area contributed by atoms with Crippen molar-refractivity contribution in [2.45, 2.75) is 38.8 Å². The monoisotopic (exact) mass is 223 g/mol. The Hall–Kier alpha value is -1.09. The fraction of sp³-hybridized carbons (Fsp3) is 0.538. The van der Waals surface area contributed by atoms with Crippen LogP contribution >= 0.6 is 0 Å². The van der Waals surface area contributed by atoms with Gasteiger partial charge in [-0.25, -0.2) is 4.39 Å². The van der Waals surface area contributed by atoms with Crippen LogP contribution in [0.5, 0.6) is 0 Å². The molecule has 0 unspecified atom stereocenters. The number of rotatable bonds is 4. The Labute approximate surface area is 95.8 Å². The van der Waals surface area contributed by atoms with E-state index in [2.05, 4.69) is 5.32 Å². The second kappa shape index (κ2) is 4.83. The number of halogens is 1. The molecule has 0 heterocycles. The highest BCUT2D eigenvalue weighted by molar-refractivity contribution is 5.51. The van der Waals surface area contributed by atoms with E-state index in [1.54, 1.807) is 12.1 Å². The zero-order valence-corrected chi connectivity index (χ0v) is 9.79. The van der Waals surface area contributed by atoms with Crippen LogP contribution in [0.1, 0.15) is 25.3 Å². The largest absolute Gasteiger partial charge is 0.382 e. The lowest BCUT2D eigenvalue weighted by Gasteiger charge is -2.36. The van der Waals surface area contributed by atoms with E-state index >= 15 is 0 Å². The van der Waals surface area contributed by atoms with Crippen molar-refractivity contribution in [1.82, 2.24) is 0 Å². The molecule has 0 atom stereocenters. The van der Waals surface area contributed by atoms with Gasteiger partial charge in [0.2, 0.25) is 0 Å². The van der Waals surface area contributed by atoms with Crippen molar-refractivity contribution < 1.29 is 9.13 Å². The van der Waals surface area contributed by atoms with Crippen LogP contribution in [0.15, 0.2) is 18.2 Å². The van der Waals surface area contributed by atoms with Crippen molar-refractivity contribution in [2.24, 2.45) is 0 Å². The van der Waals surface area contributed by atoms with Crippen molar-refractivity contribution in [3.63, 3.8) is 0 Å². The first-order valence-corrected chi connectivity index (χ1v) is 5.83. The van der Waals surface area contributed by atoms with E-state index in [9.17, 15) is 4.39 Å². The lowest BCUT2D eigenvalue weighted by Crippen LogP contribution is -2.40. The normalized spacial score (nSPS) is 23.9. The number of anilines is 1. The maximum Gasteiger partial charge on any atom is 0.125 e. The van der Waals surface area contributed by atoms with Crippen LogP contribution in [0, 0.1) is 12.7 Å². The highest BCUT2D eigenvalue weighted by atomic mass is 19.1. The third-order valence-electron chi connectivity index (χ3n) is 3.06. The van der Waals surface area contributed by atoms with Crippen molar-refractivity contribution in [1.29, 1.82) is 0 Å². The highest BCUT2D eigenvalue weighted by Gasteiger charge is 2.29. The van der Waals surface area contributed by atoms with Gasteiger partial charge in [0.1, 0.15) is 5.82 Å². The first-order chi connectivity index (χ1) is 7.69. The predicted molar refractivity (Wildman–Crippen MR) is 63.2 cm³/mol. The summed E-state index contributed by atoms with van der Waals surface area (Å²) in [5, 5.41) is 3.36. The number of hydrogen-bond acceptors (Lipinski definition) is 2. The Kier molecular flexibility index (Phi) is 3.44. The van der Waals surface area contributed by atoms with E-state index in [-0.39, 0.29) is 5.82 Å². The van der Waals surface area contributed by atoms with Gasteiger partial charge in [-0.1, -0.05) is 6.07 Å². The van der Waals surface area contributed by atoms with Crippen LogP contribution in [0.2, 0.25) is 0 Å². The minimum Gasteiger partial charge on any atom is -0.382 e. The summed E-state index contributed by atoms with van der Waals surface area (Å²) in [6.07, 6.45) is 2.42. The Morgan fingerprint density at radius 1 is 1.44 bits per heavy atom. The second-order valence-corrected chi connectivity index (χ2v) is 4.35. The van der Waals surface area contributed by atoms with E-state index in [1.807, 2.05) is 13.8 Å². The molecule has 1 fully saturated rings. The van der Waals surface area contributed by atoms with Gasteiger partial charge < -0.3 is 10.1 Å². The number of ether oxygens (including phenoxy) is 1. The standard InChI is InChI=1S/C13H18FNO/c1-3-16-12-7-11(8-12)15-13-6-10(14)5-4-9(13)2/h4-6,11-12,15H,3,7-8H2,1-2H3. The van der Waals surface area contributed by atoms with Crippen molar-refractivity contribution >= 4 is 5.69 Å². The molecule has 1 aromatic carbocycles. The Morgan fingerprint density at radius 3 is 2.88 bits per heavy atom. The average molecular weight is 223 g/mol. The Bertz CT molecular complexity index is 361. The molecule has 2 rings (SSSR count). The highest BCUT2D eigenvalue weighted by Crippen LogP contribution is 2.28. The van der Waals surface area contributed by atoms with Crippen molar-refractivity contribution in [2.75, 3.05) is 11.9 Å². The molecular formula is C13H18FNO. The molecule has 1 aromatic rings. The van der Waals surface area contributed by atoms with Gasteiger partial charge in [-0.05, 0) is 44.4 Å². The quantitative estimate of drug-likeness (QED) is 0.846. The molecule has 0 saturated heterocycles. The van der Waals surface area contributed by atoms with Gasteiger partial charge in [0, 0.05) is 18.3 Å². The molecule has 2 nitrogen and oxygen atoms in total. The molecule has 1 N–H and O–H groups in total. The van der Waals surface area contributed by atoms with Gasteiger partial charge in [-0.3, -0.25) is 0 Å². The van der Waals surface area contributed by atoms with Gasteiger partial charge in [0.25, 0.3) is 0 Å². The molecule has 0 radical (unpaired) electrons. The molecule has 88 valence electrons. The first-order valence-electron chi connectivity index (χ1n) is 5.83. The maximum atomic E-state index is 13.1. The number of aryl methyl sites for hydroxylation is 1. The summed E-state index contributed by atoms with van der Waals surface area (Å²) in [6, 6.07) is 5.28. The SMILES string of the molecule is CCOC1CC(Nc2cc(F)ccc2C)C1. The molecule has 1 saturated carbocycles. The summed E-state index contributed by atoms with van der Waals surface area (Å²) in [5.74, 6) is -0.186. The smallest absolute Gasteiger partial charge is 0.125 e. The maximum absolute atomic E-state index is 13.1. The fourth-order valence-electron chi connectivity index (χ4n) is 2.02. The first kappa shape index (κ1) is 11.4. The zero-order chi connectivity index (χ0) is 11.5. The summed E-state index contributed by atoms with van der Waals surface area (Å²) < 4.78 is 18.5. The van der Waals surface area contributed by atoms with E-state index < -0.39 is 0 Å². The molecule has 0 aliphatic heterocycles. The third-order valence-corrected chi connectivity index (χ3v) is 3.06. The number of benzene rings is 1. The molecule has 0 bridgehead atoms. The summed E-state index contributed by atoms with van der Waals surface area (Å²) in [7, 11) is 0. The number of nitrogens with one attached hydrogen (secondary N) is 1. The molecule has 1 aliphatic rings. The topological polar surface area (TPSA) is 21.3 Å². The third kappa shape index (κ3) is 2.53. The predicted octanol–water partition coefficient (Wildman–Crippen LogP) is 3.11. The van der Waals surface area contributed by atoms with Crippen LogP contribution in [0.4, 0.5) is 10.1 Å². The molecule has 1 aliphatic carbocycles. The molecular weight excluding hydrogens is 205 g/mol. The lowest BCUT2D eigenvalue weighted by atomic mass is 9.89. The second-order valence-electron chi connectivity index (χ2n) is 4.35. The van der Waals surface area contributed by atoms with Gasteiger partial charge in [0.15, 0.2) is 0 Å². The fourth-order valence-corrected chi connectivity index (χ4v) is 2.02.